The highest BCUT2D eigenvalue weighted by Crippen LogP contribution is 2.38. The van der Waals surface area contributed by atoms with Gasteiger partial charge in [0.2, 0.25) is 0 Å². The first-order valence-corrected chi connectivity index (χ1v) is 10.2. The average Bonchev–Trinajstić information content (AvgIpc) is 2.94. The van der Waals surface area contributed by atoms with Crippen LogP contribution in [-0.4, -0.2) is 9.97 Å². The molecule has 1 N–H and O–H groups in total. The van der Waals surface area contributed by atoms with Gasteiger partial charge < -0.3 is 4.98 Å². The standard InChI is InChI=1S/C19H19FN2OS2/c1-10-7-8-12-15(9-10)25-19-16(12)18(23)21-17(22-19)11(2)24-14-6-4-3-5-13(14)20/h3-6,10-11H,7-9H2,1-2H3,(H,21,22,23)/t10-,11-/m0/s1. The van der Waals surface area contributed by atoms with Gasteiger partial charge in [-0.2, -0.15) is 0 Å². The lowest BCUT2D eigenvalue weighted by Crippen LogP contribution is -2.15. The number of thiophene rings is 1. The van der Waals surface area contributed by atoms with Gasteiger partial charge in [-0.1, -0.05) is 19.1 Å². The monoisotopic (exact) mass is 374 g/mol. The zero-order valence-corrected chi connectivity index (χ0v) is 15.8. The molecule has 1 aliphatic rings. The topological polar surface area (TPSA) is 45.8 Å². The molecule has 130 valence electrons. The normalized spacial score (nSPS) is 18.3. The molecule has 25 heavy (non-hydrogen) atoms. The van der Waals surface area contributed by atoms with E-state index >= 15 is 0 Å². The van der Waals surface area contributed by atoms with Gasteiger partial charge in [0.05, 0.1) is 10.6 Å². The number of nitrogens with zero attached hydrogens (tertiary/aromatic N) is 1. The van der Waals surface area contributed by atoms with Crippen LogP contribution in [0.3, 0.4) is 0 Å². The van der Waals surface area contributed by atoms with Crippen LogP contribution in [0, 0.1) is 11.7 Å². The van der Waals surface area contributed by atoms with Crippen molar-refractivity contribution in [2.75, 3.05) is 0 Å². The van der Waals surface area contributed by atoms with Crippen molar-refractivity contribution in [3.05, 3.63) is 56.7 Å². The Morgan fingerprint density at radius 1 is 1.40 bits per heavy atom. The predicted octanol–water partition coefficient (Wildman–Crippen LogP) is 5.10. The minimum Gasteiger partial charge on any atom is -0.309 e. The Labute approximate surface area is 153 Å². The highest BCUT2D eigenvalue weighted by atomic mass is 32.2. The highest BCUT2D eigenvalue weighted by Gasteiger charge is 2.24. The van der Waals surface area contributed by atoms with E-state index in [1.54, 1.807) is 23.5 Å². The summed E-state index contributed by atoms with van der Waals surface area (Å²) in [5, 5.41) is 0.630. The van der Waals surface area contributed by atoms with Gasteiger partial charge >= 0.3 is 0 Å². The Kier molecular flexibility index (Phi) is 4.41. The molecule has 0 unspecified atom stereocenters. The van der Waals surface area contributed by atoms with Crippen molar-refractivity contribution in [3.8, 4) is 0 Å². The van der Waals surface area contributed by atoms with Crippen LogP contribution in [0.25, 0.3) is 10.2 Å². The van der Waals surface area contributed by atoms with Gasteiger partial charge in [-0.3, -0.25) is 4.79 Å². The summed E-state index contributed by atoms with van der Waals surface area (Å²) in [5.41, 5.74) is 1.13. The molecule has 0 amide bonds. The summed E-state index contributed by atoms with van der Waals surface area (Å²) in [6.07, 6.45) is 3.12. The van der Waals surface area contributed by atoms with Crippen molar-refractivity contribution in [2.45, 2.75) is 43.3 Å². The Morgan fingerprint density at radius 2 is 2.20 bits per heavy atom. The van der Waals surface area contributed by atoms with E-state index in [0.717, 1.165) is 29.5 Å². The molecule has 4 rings (SSSR count). The molecule has 2 atom stereocenters. The molecular weight excluding hydrogens is 355 g/mol. The van der Waals surface area contributed by atoms with Crippen molar-refractivity contribution in [2.24, 2.45) is 5.92 Å². The largest absolute Gasteiger partial charge is 0.309 e. The van der Waals surface area contributed by atoms with E-state index in [4.69, 9.17) is 4.98 Å². The van der Waals surface area contributed by atoms with Crippen LogP contribution in [0.15, 0.2) is 34.0 Å². The van der Waals surface area contributed by atoms with Gasteiger partial charge in [-0.25, -0.2) is 9.37 Å². The van der Waals surface area contributed by atoms with Crippen molar-refractivity contribution < 1.29 is 4.39 Å². The average molecular weight is 375 g/mol. The van der Waals surface area contributed by atoms with Crippen molar-refractivity contribution in [1.82, 2.24) is 9.97 Å². The van der Waals surface area contributed by atoms with Crippen LogP contribution < -0.4 is 5.56 Å². The molecule has 0 saturated heterocycles. The zero-order valence-electron chi connectivity index (χ0n) is 14.1. The number of rotatable bonds is 3. The fourth-order valence-corrected chi connectivity index (χ4v) is 5.68. The number of nitrogens with one attached hydrogen (secondary N) is 1. The first-order chi connectivity index (χ1) is 12.0. The van der Waals surface area contributed by atoms with E-state index < -0.39 is 0 Å². The van der Waals surface area contributed by atoms with Gasteiger partial charge in [0.25, 0.3) is 5.56 Å². The molecule has 0 spiro atoms. The van der Waals surface area contributed by atoms with Gasteiger partial charge in [-0.15, -0.1) is 23.1 Å². The van der Waals surface area contributed by atoms with Gasteiger partial charge in [-0.05, 0) is 49.8 Å². The van der Waals surface area contributed by atoms with E-state index in [0.29, 0.717) is 16.6 Å². The minimum absolute atomic E-state index is 0.0620. The van der Waals surface area contributed by atoms with Crippen LogP contribution in [0.4, 0.5) is 4.39 Å². The van der Waals surface area contributed by atoms with E-state index in [-0.39, 0.29) is 16.6 Å². The Bertz CT molecular complexity index is 995. The van der Waals surface area contributed by atoms with Crippen molar-refractivity contribution >= 4 is 33.3 Å². The molecule has 0 radical (unpaired) electrons. The molecule has 6 heteroatoms. The van der Waals surface area contributed by atoms with Crippen molar-refractivity contribution in [1.29, 1.82) is 0 Å². The minimum atomic E-state index is -0.247. The number of hydrogen-bond acceptors (Lipinski definition) is 4. The zero-order chi connectivity index (χ0) is 17.6. The molecule has 1 aromatic carbocycles. The smallest absolute Gasteiger partial charge is 0.259 e. The molecule has 2 aromatic heterocycles. The van der Waals surface area contributed by atoms with E-state index in [1.807, 2.05) is 13.0 Å². The first-order valence-electron chi connectivity index (χ1n) is 8.48. The maximum Gasteiger partial charge on any atom is 0.259 e. The number of benzene rings is 1. The molecule has 0 saturated carbocycles. The van der Waals surface area contributed by atoms with Crippen molar-refractivity contribution in [3.63, 3.8) is 0 Å². The number of fused-ring (bicyclic) bond motifs is 3. The number of aromatic nitrogens is 2. The lowest BCUT2D eigenvalue weighted by Gasteiger charge is -2.17. The summed E-state index contributed by atoms with van der Waals surface area (Å²) < 4.78 is 13.9. The summed E-state index contributed by atoms with van der Waals surface area (Å²) >= 11 is 3.02. The molecule has 0 aliphatic heterocycles. The number of H-pyrrole nitrogens is 1. The third-order valence-corrected chi connectivity index (χ3v) is 7.02. The quantitative estimate of drug-likeness (QED) is 0.649. The molecular formula is C19H19FN2OS2. The number of halogens is 1. The summed E-state index contributed by atoms with van der Waals surface area (Å²) in [6, 6.07) is 6.68. The lowest BCUT2D eigenvalue weighted by molar-refractivity contribution is 0.509. The molecule has 1 aliphatic carbocycles. The van der Waals surface area contributed by atoms with E-state index in [9.17, 15) is 9.18 Å². The molecule has 3 nitrogen and oxygen atoms in total. The summed E-state index contributed by atoms with van der Waals surface area (Å²) in [7, 11) is 0. The first kappa shape index (κ1) is 16.8. The molecule has 0 bridgehead atoms. The Balaban J connectivity index is 1.71. The second-order valence-electron chi connectivity index (χ2n) is 6.67. The fraction of sp³-hybridized carbons (Fsp3) is 0.368. The van der Waals surface area contributed by atoms with Gasteiger partial charge in [0.1, 0.15) is 16.5 Å². The Morgan fingerprint density at radius 3 is 3.00 bits per heavy atom. The van der Waals surface area contributed by atoms with E-state index in [2.05, 4.69) is 11.9 Å². The SMILES string of the molecule is C[C@H]1CCc2c(sc3nc([C@H](C)Sc4ccccc4F)[nH]c(=O)c23)C1. The molecule has 3 aromatic rings. The molecule has 0 fully saturated rings. The van der Waals surface area contributed by atoms with Gasteiger partial charge in [0, 0.05) is 9.77 Å². The second-order valence-corrected chi connectivity index (χ2v) is 9.14. The fourth-order valence-electron chi connectivity index (χ4n) is 3.34. The maximum absolute atomic E-state index is 13.9. The van der Waals surface area contributed by atoms with Crippen LogP contribution in [-0.2, 0) is 12.8 Å². The number of aromatic amines is 1. The highest BCUT2D eigenvalue weighted by molar-refractivity contribution is 7.99. The maximum atomic E-state index is 13.9. The second kappa shape index (κ2) is 6.57. The lowest BCUT2D eigenvalue weighted by atomic mass is 9.89. The third-order valence-electron chi connectivity index (χ3n) is 4.71. The number of aryl methyl sites for hydroxylation is 1. The van der Waals surface area contributed by atoms with Gasteiger partial charge in [0.15, 0.2) is 0 Å². The number of hydrogen-bond donors (Lipinski definition) is 1. The van der Waals surface area contributed by atoms with Crippen LogP contribution >= 0.6 is 23.1 Å². The summed E-state index contributed by atoms with van der Waals surface area (Å²) in [6.45, 7) is 4.19. The van der Waals surface area contributed by atoms with Crippen LogP contribution in [0.5, 0.6) is 0 Å². The summed E-state index contributed by atoms with van der Waals surface area (Å²) in [4.78, 5) is 23.0. The van der Waals surface area contributed by atoms with Crippen LogP contribution in [0.2, 0.25) is 0 Å². The molecule has 2 heterocycles. The predicted molar refractivity (Wildman–Crippen MR) is 102 cm³/mol. The summed E-state index contributed by atoms with van der Waals surface area (Å²) in [5.74, 6) is 1.02. The Hall–Kier alpha value is -1.66. The van der Waals surface area contributed by atoms with E-state index in [1.165, 1.54) is 28.3 Å². The number of thioether (sulfide) groups is 1. The third kappa shape index (κ3) is 3.13. The van der Waals surface area contributed by atoms with Crippen LogP contribution in [0.1, 0.15) is 41.8 Å².